The van der Waals surface area contributed by atoms with Crippen molar-refractivity contribution < 1.29 is 19.2 Å². The summed E-state index contributed by atoms with van der Waals surface area (Å²) in [5, 5.41) is 6.05. The molecular weight excluding hydrogens is 432 g/mol. The van der Waals surface area contributed by atoms with Gasteiger partial charge in [0.15, 0.2) is 0 Å². The predicted molar refractivity (Wildman–Crippen MR) is 128 cm³/mol. The minimum Gasteiger partial charge on any atom is -0.353 e. The molecule has 0 aromatic heterocycles. The molecule has 8 heteroatoms. The summed E-state index contributed by atoms with van der Waals surface area (Å²) in [6.45, 7) is 8.41. The van der Waals surface area contributed by atoms with E-state index >= 15 is 0 Å². The number of nitrogens with zero attached hydrogens (tertiary/aromatic N) is 2. The van der Waals surface area contributed by atoms with Crippen LogP contribution in [0.15, 0.2) is 0 Å². The molecule has 4 aliphatic heterocycles. The number of rotatable bonds is 2. The molecule has 34 heavy (non-hydrogen) atoms. The summed E-state index contributed by atoms with van der Waals surface area (Å²) in [6, 6.07) is -0.176. The molecule has 0 saturated carbocycles. The smallest absolute Gasteiger partial charge is 0.245 e. The summed E-state index contributed by atoms with van der Waals surface area (Å²) in [6.07, 6.45) is 6.40. The number of likely N-dealkylation sites (tertiary alicyclic amines) is 1. The SMILES string of the molecule is CC(C)[C@@H]1CC[C@@H](C)CC(=O)N2C[C@H]3C[C@H](CN(C(=O)[C@H]4CCC(=O)N4)C3)[C@@H]2CCCC(=O)N1. The lowest BCUT2D eigenvalue weighted by atomic mass is 9.77. The number of carbonyl (C=O) groups is 4. The maximum Gasteiger partial charge on any atom is 0.245 e. The first-order valence-corrected chi connectivity index (χ1v) is 13.4. The molecule has 0 aromatic rings. The number of hydrogen-bond donors (Lipinski definition) is 2. The van der Waals surface area contributed by atoms with Crippen LogP contribution in [0.2, 0.25) is 0 Å². The minimum absolute atomic E-state index is 0.0256. The number of hydrogen-bond acceptors (Lipinski definition) is 4. The molecule has 4 rings (SSSR count). The van der Waals surface area contributed by atoms with Crippen LogP contribution in [0.1, 0.15) is 78.6 Å². The van der Waals surface area contributed by atoms with Crippen LogP contribution in [0.4, 0.5) is 0 Å². The summed E-state index contributed by atoms with van der Waals surface area (Å²) in [5.74, 6) is 1.47. The topological polar surface area (TPSA) is 98.8 Å². The molecule has 4 aliphatic rings. The first-order valence-electron chi connectivity index (χ1n) is 13.4. The Hall–Kier alpha value is -2.12. The van der Waals surface area contributed by atoms with Crippen molar-refractivity contribution in [3.63, 3.8) is 0 Å². The number of fused-ring (bicyclic) bond motifs is 4. The lowest BCUT2D eigenvalue weighted by Crippen LogP contribution is -2.61. The van der Waals surface area contributed by atoms with Crippen molar-refractivity contribution in [3.8, 4) is 0 Å². The van der Waals surface area contributed by atoms with E-state index < -0.39 is 6.04 Å². The van der Waals surface area contributed by atoms with Crippen molar-refractivity contribution in [1.29, 1.82) is 0 Å². The molecular formula is C26H42N4O4. The molecule has 4 fully saturated rings. The fraction of sp³-hybridized carbons (Fsp3) is 0.846. The van der Waals surface area contributed by atoms with Crippen LogP contribution in [-0.2, 0) is 19.2 Å². The molecule has 2 bridgehead atoms. The zero-order valence-corrected chi connectivity index (χ0v) is 21.1. The molecule has 0 radical (unpaired) electrons. The van der Waals surface area contributed by atoms with Crippen LogP contribution < -0.4 is 10.6 Å². The van der Waals surface area contributed by atoms with E-state index in [1.807, 2.05) is 4.90 Å². The monoisotopic (exact) mass is 474 g/mol. The van der Waals surface area contributed by atoms with Crippen molar-refractivity contribution in [2.24, 2.45) is 23.7 Å². The summed E-state index contributed by atoms with van der Waals surface area (Å²) in [4.78, 5) is 54.9. The number of nitrogens with one attached hydrogen (secondary N) is 2. The Balaban J connectivity index is 1.47. The highest BCUT2D eigenvalue weighted by Gasteiger charge is 2.45. The summed E-state index contributed by atoms with van der Waals surface area (Å²) >= 11 is 0. The number of amides is 4. The Morgan fingerprint density at radius 2 is 1.71 bits per heavy atom. The maximum atomic E-state index is 13.4. The lowest BCUT2D eigenvalue weighted by molar-refractivity contribution is -0.147. The summed E-state index contributed by atoms with van der Waals surface area (Å²) < 4.78 is 0. The highest BCUT2D eigenvalue weighted by Crippen LogP contribution is 2.37. The number of carbonyl (C=O) groups excluding carboxylic acids is 4. The first-order chi connectivity index (χ1) is 16.2. The predicted octanol–water partition coefficient (Wildman–Crippen LogP) is 2.07. The van der Waals surface area contributed by atoms with E-state index in [1.54, 1.807) is 0 Å². The molecule has 4 heterocycles. The normalized spacial score (nSPS) is 35.6. The van der Waals surface area contributed by atoms with Crippen LogP contribution >= 0.6 is 0 Å². The van der Waals surface area contributed by atoms with Crippen LogP contribution in [0.5, 0.6) is 0 Å². The van der Waals surface area contributed by atoms with Crippen LogP contribution in [-0.4, -0.2) is 71.2 Å². The fourth-order valence-electron chi connectivity index (χ4n) is 6.51. The standard InChI is InChI=1S/C26H42N4O4/c1-16(2)20-8-7-17(3)11-25(33)30-14-18-12-19(22(30)5-4-6-23(31)27-20)15-29(13-18)26(34)21-9-10-24(32)28-21/h16-22H,4-15H2,1-3H3,(H,27,31)(H,28,32)/t17-,18+,19-,20+,21-,22+/m1/s1. The Morgan fingerprint density at radius 3 is 2.41 bits per heavy atom. The van der Waals surface area contributed by atoms with Crippen LogP contribution in [0.25, 0.3) is 0 Å². The molecule has 2 N–H and O–H groups in total. The molecule has 0 aliphatic carbocycles. The van der Waals surface area contributed by atoms with Gasteiger partial charge in [-0.3, -0.25) is 19.2 Å². The van der Waals surface area contributed by atoms with E-state index in [9.17, 15) is 19.2 Å². The number of piperidine rings is 2. The molecule has 4 amide bonds. The van der Waals surface area contributed by atoms with Gasteiger partial charge in [0.2, 0.25) is 23.6 Å². The highest BCUT2D eigenvalue weighted by atomic mass is 16.2. The maximum absolute atomic E-state index is 13.4. The third kappa shape index (κ3) is 5.74. The van der Waals surface area contributed by atoms with Gasteiger partial charge in [0, 0.05) is 51.0 Å². The highest BCUT2D eigenvalue weighted by molar-refractivity contribution is 5.91. The average Bonchev–Trinajstić information content (AvgIpc) is 3.22. The van der Waals surface area contributed by atoms with Crippen LogP contribution in [0.3, 0.4) is 0 Å². The Labute approximate surface area is 203 Å². The van der Waals surface area contributed by atoms with Crippen molar-refractivity contribution in [2.45, 2.75) is 96.7 Å². The minimum atomic E-state index is -0.400. The van der Waals surface area contributed by atoms with E-state index in [1.165, 1.54) is 0 Å². The van der Waals surface area contributed by atoms with Gasteiger partial charge in [0.1, 0.15) is 6.04 Å². The van der Waals surface area contributed by atoms with Gasteiger partial charge < -0.3 is 20.4 Å². The van der Waals surface area contributed by atoms with Gasteiger partial charge in [0.25, 0.3) is 0 Å². The van der Waals surface area contributed by atoms with E-state index in [0.717, 1.165) is 32.1 Å². The van der Waals surface area contributed by atoms with Gasteiger partial charge in [-0.2, -0.15) is 0 Å². The molecule has 190 valence electrons. The van der Waals surface area contributed by atoms with E-state index in [-0.39, 0.29) is 53.5 Å². The average molecular weight is 475 g/mol. The van der Waals surface area contributed by atoms with Gasteiger partial charge in [-0.05, 0) is 62.2 Å². The molecule has 6 atom stereocenters. The lowest BCUT2D eigenvalue weighted by Gasteiger charge is -2.51. The Morgan fingerprint density at radius 1 is 0.941 bits per heavy atom. The zero-order chi connectivity index (χ0) is 24.4. The molecule has 0 aromatic carbocycles. The van der Waals surface area contributed by atoms with Gasteiger partial charge in [0.05, 0.1) is 0 Å². The zero-order valence-electron chi connectivity index (χ0n) is 21.1. The second-order valence-electron chi connectivity index (χ2n) is 11.6. The van der Waals surface area contributed by atoms with Crippen molar-refractivity contribution >= 4 is 23.6 Å². The van der Waals surface area contributed by atoms with Gasteiger partial charge in [-0.25, -0.2) is 0 Å². The Bertz CT molecular complexity index is 800. The van der Waals surface area contributed by atoms with Crippen molar-refractivity contribution in [3.05, 3.63) is 0 Å². The van der Waals surface area contributed by atoms with E-state index in [4.69, 9.17) is 0 Å². The molecule has 0 unspecified atom stereocenters. The van der Waals surface area contributed by atoms with E-state index in [2.05, 4.69) is 36.3 Å². The summed E-state index contributed by atoms with van der Waals surface area (Å²) in [5.41, 5.74) is 0. The van der Waals surface area contributed by atoms with Crippen molar-refractivity contribution in [1.82, 2.24) is 20.4 Å². The third-order valence-electron chi connectivity index (χ3n) is 8.44. The third-order valence-corrected chi connectivity index (χ3v) is 8.44. The molecule has 4 saturated heterocycles. The first kappa shape index (κ1) is 25.0. The Kier molecular flexibility index (Phi) is 7.83. The van der Waals surface area contributed by atoms with Crippen molar-refractivity contribution in [2.75, 3.05) is 19.6 Å². The second-order valence-corrected chi connectivity index (χ2v) is 11.6. The molecule has 0 spiro atoms. The van der Waals surface area contributed by atoms with Gasteiger partial charge >= 0.3 is 0 Å². The molecule has 8 nitrogen and oxygen atoms in total. The van der Waals surface area contributed by atoms with Gasteiger partial charge in [-0.1, -0.05) is 20.8 Å². The van der Waals surface area contributed by atoms with Gasteiger partial charge in [-0.15, -0.1) is 0 Å². The van der Waals surface area contributed by atoms with Crippen LogP contribution in [0, 0.1) is 23.7 Å². The van der Waals surface area contributed by atoms with E-state index in [0.29, 0.717) is 51.2 Å². The second kappa shape index (κ2) is 10.6. The quantitative estimate of drug-likeness (QED) is 0.640. The summed E-state index contributed by atoms with van der Waals surface area (Å²) in [7, 11) is 0. The largest absolute Gasteiger partial charge is 0.353 e. The fourth-order valence-corrected chi connectivity index (χ4v) is 6.51.